The molecule has 0 aliphatic carbocycles. The molecule has 0 spiro atoms. The molecule has 0 unspecified atom stereocenters. The topological polar surface area (TPSA) is 89.6 Å². The first-order valence-electron chi connectivity index (χ1n) is 7.68. The van der Waals surface area contributed by atoms with Gasteiger partial charge in [-0.05, 0) is 77.8 Å². The van der Waals surface area contributed by atoms with Crippen molar-refractivity contribution in [1.82, 2.24) is 9.97 Å². The van der Waals surface area contributed by atoms with Gasteiger partial charge < -0.3 is 9.15 Å². The Balaban J connectivity index is 1.59. The van der Waals surface area contributed by atoms with Gasteiger partial charge in [0, 0.05) is 11.4 Å². The van der Waals surface area contributed by atoms with Gasteiger partial charge in [-0.15, -0.1) is 0 Å². The number of hydrazone groups is 1. The minimum Gasteiger partial charge on any atom is -0.442 e. The van der Waals surface area contributed by atoms with E-state index < -0.39 is 5.97 Å². The Morgan fingerprint density at radius 3 is 2.46 bits per heavy atom. The van der Waals surface area contributed by atoms with E-state index in [1.165, 1.54) is 6.07 Å². The van der Waals surface area contributed by atoms with Crippen molar-refractivity contribution in [3.63, 3.8) is 0 Å². The molecule has 1 aromatic carbocycles. The van der Waals surface area contributed by atoms with Gasteiger partial charge >= 0.3 is 5.97 Å². The number of rotatable bonds is 5. The highest BCUT2D eigenvalue weighted by Gasteiger charge is 2.12. The quantitative estimate of drug-likeness (QED) is 0.292. The largest absolute Gasteiger partial charge is 0.442 e. The molecule has 0 atom stereocenters. The average Bonchev–Trinajstić information content (AvgIpc) is 3.02. The molecule has 1 N–H and O–H groups in total. The third kappa shape index (κ3) is 4.76. The van der Waals surface area contributed by atoms with E-state index in [1.807, 2.05) is 19.9 Å². The average molecular weight is 415 g/mol. The van der Waals surface area contributed by atoms with Crippen molar-refractivity contribution in [2.45, 2.75) is 13.8 Å². The molecule has 26 heavy (non-hydrogen) atoms. The number of hydrogen-bond donors (Lipinski definition) is 1. The van der Waals surface area contributed by atoms with E-state index in [-0.39, 0.29) is 5.76 Å². The third-order valence-corrected chi connectivity index (χ3v) is 3.65. The minimum absolute atomic E-state index is 0.125. The Bertz CT molecular complexity index is 931. The number of nitrogens with zero attached hydrogens (tertiary/aromatic N) is 3. The first-order valence-corrected chi connectivity index (χ1v) is 8.48. The van der Waals surface area contributed by atoms with Gasteiger partial charge in [-0.3, -0.25) is 0 Å². The summed E-state index contributed by atoms with van der Waals surface area (Å²) in [4.78, 5) is 20.4. The molecule has 0 radical (unpaired) electrons. The number of carbonyl (C=O) groups is 1. The van der Waals surface area contributed by atoms with Gasteiger partial charge in [-0.25, -0.2) is 20.2 Å². The lowest BCUT2D eigenvalue weighted by Crippen LogP contribution is -2.07. The molecule has 0 aliphatic heterocycles. The number of aromatic nitrogens is 2. The standard InChI is InChI=1S/C18H15BrN4O3/c1-11-9-12(2)22-18(21-11)23-20-10-13-3-5-14(6-4-13)25-17(24)15-7-8-16(19)26-15/h3-10H,1-2H3,(H,21,22,23)/b20-10-. The van der Waals surface area contributed by atoms with Crippen LogP contribution in [0.4, 0.5) is 5.95 Å². The van der Waals surface area contributed by atoms with E-state index in [4.69, 9.17) is 9.15 Å². The number of hydrogen-bond acceptors (Lipinski definition) is 7. The van der Waals surface area contributed by atoms with Gasteiger partial charge in [0.15, 0.2) is 4.67 Å². The maximum atomic E-state index is 11.9. The van der Waals surface area contributed by atoms with Crippen LogP contribution in [-0.4, -0.2) is 22.2 Å². The number of ether oxygens (including phenoxy) is 1. The van der Waals surface area contributed by atoms with E-state index in [1.54, 1.807) is 36.5 Å². The molecule has 0 bridgehead atoms. The second kappa shape index (κ2) is 7.92. The number of anilines is 1. The number of aryl methyl sites for hydroxylation is 2. The summed E-state index contributed by atoms with van der Waals surface area (Å²) in [5, 5.41) is 4.11. The summed E-state index contributed by atoms with van der Waals surface area (Å²) in [6.07, 6.45) is 1.62. The second-order valence-corrected chi connectivity index (χ2v) is 6.19. The SMILES string of the molecule is Cc1cc(C)nc(N/N=C\c2ccc(OC(=O)c3ccc(Br)o3)cc2)n1. The van der Waals surface area contributed by atoms with Crippen molar-refractivity contribution in [1.29, 1.82) is 0 Å². The molecule has 8 heteroatoms. The lowest BCUT2D eigenvalue weighted by Gasteiger charge is -2.03. The Hall–Kier alpha value is -3.00. The molecule has 132 valence electrons. The van der Waals surface area contributed by atoms with Crippen molar-refractivity contribution < 1.29 is 13.9 Å². The van der Waals surface area contributed by atoms with Crippen LogP contribution in [0, 0.1) is 13.8 Å². The number of esters is 1. The summed E-state index contributed by atoms with van der Waals surface area (Å²) >= 11 is 3.14. The van der Waals surface area contributed by atoms with E-state index in [9.17, 15) is 4.79 Å². The van der Waals surface area contributed by atoms with Gasteiger partial charge in [0.25, 0.3) is 0 Å². The van der Waals surface area contributed by atoms with Crippen molar-refractivity contribution in [3.8, 4) is 5.75 Å². The molecule has 0 aliphatic rings. The molecule has 3 aromatic rings. The van der Waals surface area contributed by atoms with Crippen molar-refractivity contribution in [2.75, 3.05) is 5.43 Å². The Morgan fingerprint density at radius 1 is 1.15 bits per heavy atom. The number of furan rings is 1. The fraction of sp³-hybridized carbons (Fsp3) is 0.111. The lowest BCUT2D eigenvalue weighted by molar-refractivity contribution is 0.0700. The number of benzene rings is 1. The maximum absolute atomic E-state index is 11.9. The number of halogens is 1. The first-order chi connectivity index (χ1) is 12.5. The van der Waals surface area contributed by atoms with Crippen molar-refractivity contribution in [2.24, 2.45) is 5.10 Å². The zero-order chi connectivity index (χ0) is 18.5. The molecule has 3 rings (SSSR count). The van der Waals surface area contributed by atoms with Crippen LogP contribution in [0.5, 0.6) is 5.75 Å². The first kappa shape index (κ1) is 17.8. The van der Waals surface area contributed by atoms with E-state index in [0.29, 0.717) is 16.4 Å². The summed E-state index contributed by atoms with van der Waals surface area (Å²) in [6.45, 7) is 3.79. The number of nitrogens with one attached hydrogen (secondary N) is 1. The molecule has 0 saturated heterocycles. The molecule has 0 fully saturated rings. The highest BCUT2D eigenvalue weighted by Crippen LogP contribution is 2.17. The molecular weight excluding hydrogens is 400 g/mol. The molecule has 7 nitrogen and oxygen atoms in total. The summed E-state index contributed by atoms with van der Waals surface area (Å²) in [6, 6.07) is 11.9. The molecule has 2 aromatic heterocycles. The zero-order valence-corrected chi connectivity index (χ0v) is 15.6. The molecule has 0 amide bonds. The predicted octanol–water partition coefficient (Wildman–Crippen LogP) is 4.11. The van der Waals surface area contributed by atoms with Crippen LogP contribution in [0.3, 0.4) is 0 Å². The summed E-state index contributed by atoms with van der Waals surface area (Å²) in [5.74, 6) is 0.407. The maximum Gasteiger partial charge on any atom is 0.379 e. The van der Waals surface area contributed by atoms with E-state index in [0.717, 1.165) is 17.0 Å². The van der Waals surface area contributed by atoms with Crippen LogP contribution in [0.15, 0.2) is 56.7 Å². The van der Waals surface area contributed by atoms with Crippen molar-refractivity contribution >= 4 is 34.1 Å². The van der Waals surface area contributed by atoms with E-state index >= 15 is 0 Å². The predicted molar refractivity (Wildman–Crippen MR) is 101 cm³/mol. The Morgan fingerprint density at radius 2 is 1.85 bits per heavy atom. The van der Waals surface area contributed by atoms with Crippen LogP contribution in [-0.2, 0) is 0 Å². The third-order valence-electron chi connectivity index (χ3n) is 3.23. The Labute approximate surface area is 158 Å². The second-order valence-electron chi connectivity index (χ2n) is 5.41. The van der Waals surface area contributed by atoms with Gasteiger partial charge in [0.1, 0.15) is 5.75 Å². The van der Waals surface area contributed by atoms with Crippen molar-refractivity contribution in [3.05, 3.63) is 69.8 Å². The minimum atomic E-state index is -0.564. The van der Waals surface area contributed by atoms with Crippen LogP contribution in [0.2, 0.25) is 0 Å². The fourth-order valence-electron chi connectivity index (χ4n) is 2.14. The fourth-order valence-corrected chi connectivity index (χ4v) is 2.45. The van der Waals surface area contributed by atoms with Crippen LogP contribution >= 0.6 is 15.9 Å². The summed E-state index contributed by atoms with van der Waals surface area (Å²) in [5.41, 5.74) is 5.34. The molecule has 2 heterocycles. The van der Waals surface area contributed by atoms with Gasteiger partial charge in [-0.1, -0.05) is 0 Å². The lowest BCUT2D eigenvalue weighted by atomic mass is 10.2. The normalized spacial score (nSPS) is 10.9. The van der Waals surface area contributed by atoms with Crippen LogP contribution < -0.4 is 10.2 Å². The highest BCUT2D eigenvalue weighted by atomic mass is 79.9. The summed E-state index contributed by atoms with van der Waals surface area (Å²) < 4.78 is 10.9. The molecule has 0 saturated carbocycles. The Kier molecular flexibility index (Phi) is 5.43. The number of carbonyl (C=O) groups excluding carboxylic acids is 1. The smallest absolute Gasteiger partial charge is 0.379 e. The van der Waals surface area contributed by atoms with Gasteiger partial charge in [-0.2, -0.15) is 5.10 Å². The molecular formula is C18H15BrN4O3. The van der Waals surface area contributed by atoms with Gasteiger partial charge in [0.2, 0.25) is 11.7 Å². The monoisotopic (exact) mass is 414 g/mol. The van der Waals surface area contributed by atoms with Crippen LogP contribution in [0.25, 0.3) is 0 Å². The summed E-state index contributed by atoms with van der Waals surface area (Å²) in [7, 11) is 0. The van der Waals surface area contributed by atoms with Crippen LogP contribution in [0.1, 0.15) is 27.5 Å². The zero-order valence-electron chi connectivity index (χ0n) is 14.1. The van der Waals surface area contributed by atoms with Gasteiger partial charge in [0.05, 0.1) is 6.21 Å². The highest BCUT2D eigenvalue weighted by molar-refractivity contribution is 9.10. The van der Waals surface area contributed by atoms with E-state index in [2.05, 4.69) is 36.4 Å².